The molecule has 0 bridgehead atoms. The van der Waals surface area contributed by atoms with Crippen LogP contribution >= 0.6 is 15.9 Å². The second-order valence-corrected chi connectivity index (χ2v) is 3.16. The van der Waals surface area contributed by atoms with Crippen LogP contribution in [0.2, 0.25) is 0 Å². The Morgan fingerprint density at radius 3 is 2.43 bits per heavy atom. The highest BCUT2D eigenvalue weighted by molar-refractivity contribution is 9.10. The lowest BCUT2D eigenvalue weighted by atomic mass is 10.1. The molecule has 0 spiro atoms. The van der Waals surface area contributed by atoms with Gasteiger partial charge in [0, 0.05) is 4.47 Å². The molecule has 1 rings (SSSR count). The highest BCUT2D eigenvalue weighted by Crippen LogP contribution is 2.15. The van der Waals surface area contributed by atoms with E-state index in [9.17, 15) is 0 Å². The van der Waals surface area contributed by atoms with E-state index < -0.39 is 0 Å². The van der Waals surface area contributed by atoms with Crippen molar-refractivity contribution >= 4 is 15.9 Å². The van der Waals surface area contributed by atoms with Gasteiger partial charge in [0.25, 0.3) is 0 Å². The number of halogens is 1. The van der Waals surface area contributed by atoms with Crippen molar-refractivity contribution in [1.29, 1.82) is 10.5 Å². The van der Waals surface area contributed by atoms with E-state index in [1.807, 2.05) is 32.1 Å². The molecule has 0 unspecified atom stereocenters. The van der Waals surface area contributed by atoms with Crippen molar-refractivity contribution in [2.45, 2.75) is 20.3 Å². The van der Waals surface area contributed by atoms with Gasteiger partial charge in [0.15, 0.2) is 0 Å². The van der Waals surface area contributed by atoms with Gasteiger partial charge in [-0.1, -0.05) is 35.8 Å². The van der Waals surface area contributed by atoms with Crippen LogP contribution in [0.25, 0.3) is 0 Å². The van der Waals surface area contributed by atoms with E-state index in [0.717, 1.165) is 10.0 Å². The Kier molecular flexibility index (Phi) is 6.45. The van der Waals surface area contributed by atoms with Crippen LogP contribution in [0, 0.1) is 22.7 Å². The molecule has 1 aromatic rings. The van der Waals surface area contributed by atoms with Gasteiger partial charge in [-0.25, -0.2) is 0 Å². The molecule has 0 N–H and O–H groups in total. The van der Waals surface area contributed by atoms with Gasteiger partial charge in [-0.15, -0.1) is 0 Å². The van der Waals surface area contributed by atoms with Crippen LogP contribution in [0.1, 0.15) is 25.0 Å². The Bertz CT molecular complexity index is 372. The van der Waals surface area contributed by atoms with Gasteiger partial charge in [-0.3, -0.25) is 0 Å². The minimum absolute atomic E-state index is 0.288. The third-order valence-electron chi connectivity index (χ3n) is 1.46. The molecule has 72 valence electrons. The van der Waals surface area contributed by atoms with E-state index in [-0.39, 0.29) is 6.42 Å². The van der Waals surface area contributed by atoms with E-state index in [0.29, 0.717) is 5.56 Å². The zero-order chi connectivity index (χ0) is 11.0. The fourth-order valence-corrected chi connectivity index (χ4v) is 1.25. The number of hydrogen-bond donors (Lipinski definition) is 0. The van der Waals surface area contributed by atoms with Crippen molar-refractivity contribution in [3.63, 3.8) is 0 Å². The number of benzene rings is 1. The highest BCUT2D eigenvalue weighted by Gasteiger charge is 2.00. The Morgan fingerprint density at radius 2 is 1.93 bits per heavy atom. The van der Waals surface area contributed by atoms with E-state index in [1.54, 1.807) is 12.1 Å². The highest BCUT2D eigenvalue weighted by atomic mass is 79.9. The molecule has 14 heavy (non-hydrogen) atoms. The summed E-state index contributed by atoms with van der Waals surface area (Å²) in [5.41, 5.74) is 1.34. The lowest BCUT2D eigenvalue weighted by molar-refractivity contribution is 1.24. The van der Waals surface area contributed by atoms with Crippen LogP contribution in [0.15, 0.2) is 22.7 Å². The minimum atomic E-state index is 0.288. The summed E-state index contributed by atoms with van der Waals surface area (Å²) in [7, 11) is 0. The quantitative estimate of drug-likeness (QED) is 0.767. The first-order valence-corrected chi connectivity index (χ1v) is 5.12. The molecule has 0 fully saturated rings. The number of nitriles is 2. The second-order valence-electron chi connectivity index (χ2n) is 2.25. The van der Waals surface area contributed by atoms with Gasteiger partial charge in [0.05, 0.1) is 24.1 Å². The van der Waals surface area contributed by atoms with Gasteiger partial charge >= 0.3 is 0 Å². The molecule has 0 radical (unpaired) electrons. The SMILES string of the molecule is CC.N#CCc1ccc(Br)cc1C#N. The summed E-state index contributed by atoms with van der Waals surface area (Å²) in [5, 5.41) is 17.1. The second kappa shape index (κ2) is 7.12. The van der Waals surface area contributed by atoms with Crippen molar-refractivity contribution in [2.24, 2.45) is 0 Å². The first-order valence-electron chi connectivity index (χ1n) is 4.33. The van der Waals surface area contributed by atoms with Crippen molar-refractivity contribution in [3.8, 4) is 12.1 Å². The van der Waals surface area contributed by atoms with Crippen molar-refractivity contribution in [2.75, 3.05) is 0 Å². The molecule has 0 aliphatic heterocycles. The molecule has 0 aliphatic carbocycles. The molecular formula is C11H11BrN2. The lowest BCUT2D eigenvalue weighted by Gasteiger charge is -1.97. The molecule has 0 saturated heterocycles. The summed E-state index contributed by atoms with van der Waals surface area (Å²) in [6, 6.07) is 9.38. The molecule has 0 aliphatic rings. The molecule has 3 heteroatoms. The fourth-order valence-electron chi connectivity index (χ4n) is 0.892. The van der Waals surface area contributed by atoms with Gasteiger partial charge < -0.3 is 0 Å². The molecule has 2 nitrogen and oxygen atoms in total. The predicted octanol–water partition coefficient (Wildman–Crippen LogP) is 3.41. The van der Waals surface area contributed by atoms with Crippen molar-refractivity contribution in [3.05, 3.63) is 33.8 Å². The Morgan fingerprint density at radius 1 is 1.29 bits per heavy atom. The zero-order valence-electron chi connectivity index (χ0n) is 8.21. The predicted molar refractivity (Wildman–Crippen MR) is 59.5 cm³/mol. The van der Waals surface area contributed by atoms with E-state index in [4.69, 9.17) is 10.5 Å². The summed E-state index contributed by atoms with van der Waals surface area (Å²) in [5.74, 6) is 0. The molecule has 0 heterocycles. The lowest BCUT2D eigenvalue weighted by Crippen LogP contribution is -1.87. The normalized spacial score (nSPS) is 7.79. The topological polar surface area (TPSA) is 47.6 Å². The maximum Gasteiger partial charge on any atom is 0.0995 e. The summed E-state index contributed by atoms with van der Waals surface area (Å²) in [6.07, 6.45) is 0.288. The van der Waals surface area contributed by atoms with Crippen molar-refractivity contribution in [1.82, 2.24) is 0 Å². The molecule has 0 saturated carbocycles. The van der Waals surface area contributed by atoms with Gasteiger partial charge in [0.2, 0.25) is 0 Å². The first kappa shape index (κ1) is 12.7. The first-order chi connectivity index (χ1) is 6.77. The zero-order valence-corrected chi connectivity index (χ0v) is 9.80. The largest absolute Gasteiger partial charge is 0.198 e. The third-order valence-corrected chi connectivity index (χ3v) is 1.96. The van der Waals surface area contributed by atoms with Gasteiger partial charge in [0.1, 0.15) is 0 Å². The van der Waals surface area contributed by atoms with E-state index in [2.05, 4.69) is 15.9 Å². The number of hydrogen-bond acceptors (Lipinski definition) is 2. The average Bonchev–Trinajstić information content (AvgIpc) is 2.24. The maximum atomic E-state index is 8.69. The van der Waals surface area contributed by atoms with Crippen LogP contribution < -0.4 is 0 Å². The van der Waals surface area contributed by atoms with E-state index >= 15 is 0 Å². The Hall–Kier alpha value is -1.32. The summed E-state index contributed by atoms with van der Waals surface area (Å²) in [4.78, 5) is 0. The van der Waals surface area contributed by atoms with Crippen molar-refractivity contribution < 1.29 is 0 Å². The molecule has 0 aromatic heterocycles. The monoisotopic (exact) mass is 250 g/mol. The maximum absolute atomic E-state index is 8.69. The Balaban J connectivity index is 0.000000791. The summed E-state index contributed by atoms with van der Waals surface area (Å²) < 4.78 is 0.862. The Labute approximate surface area is 92.9 Å². The van der Waals surface area contributed by atoms with Crippen LogP contribution in [0.5, 0.6) is 0 Å². The van der Waals surface area contributed by atoms with Gasteiger partial charge in [-0.2, -0.15) is 10.5 Å². The smallest absolute Gasteiger partial charge is 0.0995 e. The molecule has 0 atom stereocenters. The third kappa shape index (κ3) is 3.60. The van der Waals surface area contributed by atoms with Crippen LogP contribution in [-0.2, 0) is 6.42 Å². The van der Waals surface area contributed by atoms with E-state index in [1.165, 1.54) is 0 Å². The number of nitrogens with zero attached hydrogens (tertiary/aromatic N) is 2. The van der Waals surface area contributed by atoms with Crippen LogP contribution in [-0.4, -0.2) is 0 Å². The molecule has 1 aromatic carbocycles. The van der Waals surface area contributed by atoms with Crippen LogP contribution in [0.3, 0.4) is 0 Å². The minimum Gasteiger partial charge on any atom is -0.198 e. The van der Waals surface area contributed by atoms with Gasteiger partial charge in [-0.05, 0) is 17.7 Å². The summed E-state index contributed by atoms with van der Waals surface area (Å²) in [6.45, 7) is 4.00. The standard InChI is InChI=1S/C9H5BrN2.C2H6/c10-9-2-1-7(3-4-11)8(5-9)6-12;1-2/h1-2,5H,3H2;1-2H3. The molecule has 0 amide bonds. The average molecular weight is 251 g/mol. The molecular weight excluding hydrogens is 240 g/mol. The summed E-state index contributed by atoms with van der Waals surface area (Å²) >= 11 is 3.25. The van der Waals surface area contributed by atoms with Crippen LogP contribution in [0.4, 0.5) is 0 Å². The fraction of sp³-hybridized carbons (Fsp3) is 0.273. The number of rotatable bonds is 1.